The van der Waals surface area contributed by atoms with Crippen LogP contribution in [0.15, 0.2) is 12.1 Å². The van der Waals surface area contributed by atoms with Crippen molar-refractivity contribution < 1.29 is 50.6 Å². The summed E-state index contributed by atoms with van der Waals surface area (Å²) >= 11 is 0. The van der Waals surface area contributed by atoms with Gasteiger partial charge in [-0.1, -0.05) is 0 Å². The molecular formula is C22H23ClN2O7. The van der Waals surface area contributed by atoms with Crippen molar-refractivity contribution in [2.24, 2.45) is 0 Å². The Hall–Kier alpha value is -3.04. The number of hydrazone groups is 1. The second kappa shape index (κ2) is 7.83. The molecule has 10 heteroatoms. The van der Waals surface area contributed by atoms with E-state index in [1.165, 1.54) is 0 Å². The van der Waals surface area contributed by atoms with Crippen LogP contribution in [0.4, 0.5) is 0 Å². The Kier molecular flexibility index (Phi) is 5.10. The molecule has 6 rings (SSSR count). The van der Waals surface area contributed by atoms with Gasteiger partial charge in [-0.2, -0.15) is 5.01 Å². The molecule has 1 N–H and O–H groups in total. The molecule has 4 aliphatic rings. The molecule has 0 fully saturated rings. The highest BCUT2D eigenvalue weighted by atomic mass is 35.5. The molecule has 9 nitrogen and oxygen atoms in total. The number of hydrazine groups is 1. The molecule has 1 atom stereocenters. The Morgan fingerprint density at radius 1 is 0.938 bits per heavy atom. The number of benzene rings is 2. The first-order chi connectivity index (χ1) is 15.2. The summed E-state index contributed by atoms with van der Waals surface area (Å²) in [5.41, 5.74) is 3.79. The predicted octanol–water partition coefficient (Wildman–Crippen LogP) is -1.38. The van der Waals surface area contributed by atoms with Gasteiger partial charge in [0.25, 0.3) is 0 Å². The van der Waals surface area contributed by atoms with E-state index in [-0.39, 0.29) is 26.0 Å². The molecule has 4 heterocycles. The number of methoxy groups -OCH3 is 2. The van der Waals surface area contributed by atoms with Crippen molar-refractivity contribution in [3.05, 3.63) is 34.4 Å². The maximum atomic E-state index is 11.4. The van der Waals surface area contributed by atoms with Crippen molar-refractivity contribution in [3.8, 4) is 34.5 Å². The Bertz CT molecular complexity index is 1120. The lowest BCUT2D eigenvalue weighted by atomic mass is 9.96. The zero-order valence-electron chi connectivity index (χ0n) is 17.7. The summed E-state index contributed by atoms with van der Waals surface area (Å²) in [5.74, 6) is 3.73. The first-order valence-corrected chi connectivity index (χ1v) is 10.2. The van der Waals surface area contributed by atoms with Crippen LogP contribution in [0.2, 0.25) is 0 Å². The molecule has 0 aliphatic carbocycles. The molecule has 0 saturated carbocycles. The number of halogens is 1. The van der Waals surface area contributed by atoms with Gasteiger partial charge in [-0.25, -0.2) is 0 Å². The van der Waals surface area contributed by atoms with Gasteiger partial charge >= 0.3 is 0 Å². The van der Waals surface area contributed by atoms with Crippen LogP contribution in [0.25, 0.3) is 0 Å². The number of rotatable bonds is 3. The summed E-state index contributed by atoms with van der Waals surface area (Å²) in [6.45, 7) is 1.71. The summed E-state index contributed by atoms with van der Waals surface area (Å²) in [5, 5.41) is 13.3. The van der Waals surface area contributed by atoms with Crippen LogP contribution in [-0.4, -0.2) is 61.9 Å². The number of fused-ring (bicyclic) bond motifs is 4. The van der Waals surface area contributed by atoms with E-state index >= 15 is 0 Å². The number of hydrogen-bond donors (Lipinski definition) is 1. The molecule has 170 valence electrons. The molecule has 1 unspecified atom stereocenters. The normalized spacial score (nSPS) is 19.5. The first kappa shape index (κ1) is 20.8. The van der Waals surface area contributed by atoms with Crippen LogP contribution in [0.3, 0.4) is 0 Å². The van der Waals surface area contributed by atoms with E-state index < -0.39 is 6.23 Å². The fourth-order valence-corrected chi connectivity index (χ4v) is 4.82. The maximum absolute atomic E-state index is 11.4. The van der Waals surface area contributed by atoms with Crippen molar-refractivity contribution in [1.82, 2.24) is 5.01 Å². The highest BCUT2D eigenvalue weighted by Gasteiger charge is 2.40. The second-order valence-electron chi connectivity index (χ2n) is 7.76. The maximum Gasteiger partial charge on any atom is 0.231 e. The van der Waals surface area contributed by atoms with Crippen molar-refractivity contribution in [1.29, 1.82) is 0 Å². The largest absolute Gasteiger partial charge is 1.00 e. The molecule has 0 radical (unpaired) electrons. The van der Waals surface area contributed by atoms with Crippen molar-refractivity contribution in [2.45, 2.75) is 19.1 Å². The molecule has 2 aromatic carbocycles. The van der Waals surface area contributed by atoms with Gasteiger partial charge in [0.05, 0.1) is 31.9 Å². The summed E-state index contributed by atoms with van der Waals surface area (Å²) < 4.78 is 35.6. The van der Waals surface area contributed by atoms with E-state index in [2.05, 4.69) is 0 Å². The minimum absolute atomic E-state index is 0. The van der Waals surface area contributed by atoms with E-state index in [4.69, 9.17) is 28.4 Å². The molecule has 32 heavy (non-hydrogen) atoms. The lowest BCUT2D eigenvalue weighted by Crippen LogP contribution is -3.00. The number of aliphatic hydroxyl groups is 1. The third-order valence-electron chi connectivity index (χ3n) is 6.26. The van der Waals surface area contributed by atoms with Gasteiger partial charge in [0.15, 0.2) is 29.5 Å². The van der Waals surface area contributed by atoms with Crippen LogP contribution < -0.4 is 40.8 Å². The van der Waals surface area contributed by atoms with E-state index in [0.717, 1.165) is 41.6 Å². The summed E-state index contributed by atoms with van der Waals surface area (Å²) in [7, 11) is 3.21. The minimum Gasteiger partial charge on any atom is -1.00 e. The van der Waals surface area contributed by atoms with Crippen LogP contribution in [0.1, 0.15) is 28.5 Å². The highest BCUT2D eigenvalue weighted by molar-refractivity contribution is 5.86. The molecule has 4 aliphatic heterocycles. The summed E-state index contributed by atoms with van der Waals surface area (Å²) in [6, 6.07) is 3.96. The molecule has 0 bridgehead atoms. The number of hydrogen-bond acceptors (Lipinski definition) is 8. The standard InChI is InChI=1S/C22H23N2O7.ClH/c1-26-18-14-9-23(5-3-12(14)7-15-19(18)30-10-28-15)24-6-4-13-8-16-20(31-11-29-16)21(27-2)17(13)22(24)25;/h7-9,22,25H,3-6,10-11H2,1-2H3;1H/q+1;/p-1. The fraction of sp³-hybridized carbons (Fsp3) is 0.409. The molecule has 0 saturated heterocycles. The topological polar surface area (TPSA) is 81.9 Å². The van der Waals surface area contributed by atoms with E-state index in [0.29, 0.717) is 41.0 Å². The SMILES string of the molecule is COc1c2c(cc3c1OCO3)CC[N+](N1CCc3cc4c(c(OC)c3C1O)OCO4)=C2.[Cl-]. The average molecular weight is 463 g/mol. The summed E-state index contributed by atoms with van der Waals surface area (Å²) in [6.07, 6.45) is 2.65. The zero-order valence-corrected chi connectivity index (χ0v) is 18.5. The van der Waals surface area contributed by atoms with Gasteiger partial charge in [-0.05, 0) is 29.7 Å². The van der Waals surface area contributed by atoms with E-state index in [1.54, 1.807) is 14.2 Å². The van der Waals surface area contributed by atoms with Crippen molar-refractivity contribution in [3.63, 3.8) is 0 Å². The lowest BCUT2D eigenvalue weighted by molar-refractivity contribution is -0.707. The molecule has 2 aromatic rings. The van der Waals surface area contributed by atoms with Crippen molar-refractivity contribution in [2.75, 3.05) is 40.9 Å². The van der Waals surface area contributed by atoms with Gasteiger partial charge in [0, 0.05) is 6.42 Å². The Morgan fingerprint density at radius 3 is 2.28 bits per heavy atom. The van der Waals surface area contributed by atoms with Crippen molar-refractivity contribution >= 4 is 6.21 Å². The quantitative estimate of drug-likeness (QED) is 0.559. The smallest absolute Gasteiger partial charge is 0.231 e. The number of nitrogens with zero attached hydrogens (tertiary/aromatic N) is 2. The minimum atomic E-state index is -0.883. The number of aliphatic hydroxyl groups excluding tert-OH is 1. The zero-order chi connectivity index (χ0) is 21.1. The third-order valence-corrected chi connectivity index (χ3v) is 6.26. The lowest BCUT2D eigenvalue weighted by Gasteiger charge is -2.33. The third kappa shape index (κ3) is 2.91. The average Bonchev–Trinajstić information content (AvgIpc) is 3.45. The van der Waals surface area contributed by atoms with E-state index in [9.17, 15) is 5.11 Å². The summed E-state index contributed by atoms with van der Waals surface area (Å²) in [4.78, 5) is 0. The molecule has 0 amide bonds. The Balaban J connectivity index is 0.00000216. The van der Waals surface area contributed by atoms with E-state index in [1.807, 2.05) is 28.0 Å². The van der Waals surface area contributed by atoms with Gasteiger partial charge in [0.1, 0.15) is 0 Å². The first-order valence-electron chi connectivity index (χ1n) is 10.2. The molecule has 0 spiro atoms. The van der Waals surface area contributed by atoms with Gasteiger partial charge in [0.2, 0.25) is 37.5 Å². The van der Waals surface area contributed by atoms with Gasteiger partial charge in [-0.15, -0.1) is 4.68 Å². The highest BCUT2D eigenvalue weighted by Crippen LogP contribution is 2.49. The predicted molar refractivity (Wildman–Crippen MR) is 108 cm³/mol. The Labute approximate surface area is 191 Å². The second-order valence-corrected chi connectivity index (χ2v) is 7.76. The van der Waals surface area contributed by atoms with Gasteiger partial charge in [-0.3, -0.25) is 0 Å². The van der Waals surface area contributed by atoms with Crippen LogP contribution >= 0.6 is 0 Å². The monoisotopic (exact) mass is 462 g/mol. The van der Waals surface area contributed by atoms with Gasteiger partial charge < -0.3 is 45.9 Å². The molecular weight excluding hydrogens is 440 g/mol. The van der Waals surface area contributed by atoms with Crippen LogP contribution in [-0.2, 0) is 12.8 Å². The van der Waals surface area contributed by atoms with Crippen LogP contribution in [0, 0.1) is 0 Å². The Morgan fingerprint density at radius 2 is 1.59 bits per heavy atom. The number of ether oxygens (including phenoxy) is 6. The molecule has 0 aromatic heterocycles. The fourth-order valence-electron chi connectivity index (χ4n) is 4.82. The van der Waals surface area contributed by atoms with Crippen LogP contribution in [0.5, 0.6) is 34.5 Å².